The molecule has 0 aliphatic heterocycles. The van der Waals surface area contributed by atoms with E-state index in [1.165, 1.54) is 24.3 Å². The zero-order chi connectivity index (χ0) is 18.2. The number of nitrogens with one attached hydrogen (secondary N) is 2. The molecule has 7 heteroatoms. The molecule has 25 heavy (non-hydrogen) atoms. The first-order valence-corrected chi connectivity index (χ1v) is 8.27. The summed E-state index contributed by atoms with van der Waals surface area (Å²) in [5.74, 6) is -1.10. The summed E-state index contributed by atoms with van der Waals surface area (Å²) in [6.07, 6.45) is 6.06. The second-order valence-electron chi connectivity index (χ2n) is 6.15. The fraction of sp³-hybridized carbons (Fsp3) is 0.389. The Morgan fingerprint density at radius 3 is 2.56 bits per heavy atom. The van der Waals surface area contributed by atoms with Gasteiger partial charge in [-0.15, -0.1) is 0 Å². The number of aromatic nitrogens is 2. The Morgan fingerprint density at radius 1 is 1.24 bits per heavy atom. The standard InChI is InChI=1S/C18H23FN4O2/c1-13(2)16(22-17(24)14-4-6-15(19)7-5-14)18(25)21-8-3-10-23-11-9-20-12-23/h4-7,9,11-13,16H,3,8,10H2,1-2H3,(H,21,25)(H,22,24). The third kappa shape index (κ3) is 5.70. The van der Waals surface area contributed by atoms with Crippen molar-refractivity contribution in [3.05, 3.63) is 54.4 Å². The van der Waals surface area contributed by atoms with Crippen LogP contribution in [0.15, 0.2) is 43.0 Å². The molecule has 6 nitrogen and oxygen atoms in total. The summed E-state index contributed by atoms with van der Waals surface area (Å²) in [4.78, 5) is 28.6. The van der Waals surface area contributed by atoms with Crippen molar-refractivity contribution in [2.24, 2.45) is 5.92 Å². The van der Waals surface area contributed by atoms with Crippen molar-refractivity contribution in [1.82, 2.24) is 20.2 Å². The average Bonchev–Trinajstić information content (AvgIpc) is 3.10. The van der Waals surface area contributed by atoms with E-state index in [4.69, 9.17) is 0 Å². The lowest BCUT2D eigenvalue weighted by Gasteiger charge is -2.21. The highest BCUT2D eigenvalue weighted by atomic mass is 19.1. The van der Waals surface area contributed by atoms with Gasteiger partial charge >= 0.3 is 0 Å². The molecule has 0 bridgehead atoms. The van der Waals surface area contributed by atoms with Crippen LogP contribution in [0.2, 0.25) is 0 Å². The Bertz CT molecular complexity index is 684. The molecule has 1 heterocycles. The van der Waals surface area contributed by atoms with Crippen molar-refractivity contribution in [1.29, 1.82) is 0 Å². The first-order chi connectivity index (χ1) is 12.0. The van der Waals surface area contributed by atoms with Gasteiger partial charge in [0.1, 0.15) is 11.9 Å². The third-order valence-corrected chi connectivity index (χ3v) is 3.79. The third-order valence-electron chi connectivity index (χ3n) is 3.79. The van der Waals surface area contributed by atoms with Crippen LogP contribution in [0, 0.1) is 11.7 Å². The second-order valence-corrected chi connectivity index (χ2v) is 6.15. The highest BCUT2D eigenvalue weighted by molar-refractivity contribution is 5.97. The van der Waals surface area contributed by atoms with Gasteiger partial charge in [0, 0.05) is 31.0 Å². The summed E-state index contributed by atoms with van der Waals surface area (Å²) in [7, 11) is 0. The summed E-state index contributed by atoms with van der Waals surface area (Å²) in [6, 6.07) is 4.58. The summed E-state index contributed by atoms with van der Waals surface area (Å²) in [6.45, 7) is 4.99. The molecular formula is C18H23FN4O2. The minimum atomic E-state index is -0.647. The number of amides is 2. The van der Waals surface area contributed by atoms with E-state index in [1.54, 1.807) is 12.5 Å². The first kappa shape index (κ1) is 18.6. The molecule has 0 radical (unpaired) electrons. The number of imidazole rings is 1. The van der Waals surface area contributed by atoms with Gasteiger partial charge in [0.2, 0.25) is 5.91 Å². The highest BCUT2D eigenvalue weighted by Crippen LogP contribution is 2.07. The molecule has 1 aromatic heterocycles. The Hall–Kier alpha value is -2.70. The first-order valence-electron chi connectivity index (χ1n) is 8.27. The zero-order valence-electron chi connectivity index (χ0n) is 14.4. The van der Waals surface area contributed by atoms with E-state index in [1.807, 2.05) is 24.6 Å². The normalized spacial score (nSPS) is 12.0. The maximum atomic E-state index is 12.9. The number of hydrogen-bond acceptors (Lipinski definition) is 3. The molecule has 0 aliphatic carbocycles. The van der Waals surface area contributed by atoms with Crippen molar-refractivity contribution < 1.29 is 14.0 Å². The average molecular weight is 346 g/mol. The number of hydrogen-bond donors (Lipinski definition) is 2. The molecule has 0 spiro atoms. The molecule has 134 valence electrons. The predicted octanol–water partition coefficient (Wildman–Crippen LogP) is 1.98. The zero-order valence-corrected chi connectivity index (χ0v) is 14.4. The fourth-order valence-corrected chi connectivity index (χ4v) is 2.36. The topological polar surface area (TPSA) is 76.0 Å². The number of aryl methyl sites for hydroxylation is 1. The van der Waals surface area contributed by atoms with Crippen molar-refractivity contribution >= 4 is 11.8 Å². The van der Waals surface area contributed by atoms with E-state index in [0.29, 0.717) is 12.1 Å². The monoisotopic (exact) mass is 346 g/mol. The summed E-state index contributed by atoms with van der Waals surface area (Å²) in [5, 5.41) is 5.56. The maximum absolute atomic E-state index is 12.9. The molecule has 0 fully saturated rings. The lowest BCUT2D eigenvalue weighted by Crippen LogP contribution is -2.49. The number of nitrogens with zero attached hydrogens (tertiary/aromatic N) is 2. The van der Waals surface area contributed by atoms with Gasteiger partial charge in [0.25, 0.3) is 5.91 Å². The molecule has 2 aromatic rings. The van der Waals surface area contributed by atoms with Crippen molar-refractivity contribution in [2.75, 3.05) is 6.54 Å². The number of carbonyl (C=O) groups excluding carboxylic acids is 2. The maximum Gasteiger partial charge on any atom is 0.251 e. The van der Waals surface area contributed by atoms with Crippen LogP contribution >= 0.6 is 0 Å². The Morgan fingerprint density at radius 2 is 1.96 bits per heavy atom. The van der Waals surface area contributed by atoms with Gasteiger partial charge in [0.05, 0.1) is 6.33 Å². The van der Waals surface area contributed by atoms with Gasteiger partial charge in [-0.3, -0.25) is 9.59 Å². The van der Waals surface area contributed by atoms with Crippen LogP contribution in [0.4, 0.5) is 4.39 Å². The molecule has 1 aromatic carbocycles. The lowest BCUT2D eigenvalue weighted by atomic mass is 10.0. The van der Waals surface area contributed by atoms with Gasteiger partial charge in [-0.25, -0.2) is 9.37 Å². The van der Waals surface area contributed by atoms with E-state index in [9.17, 15) is 14.0 Å². The van der Waals surface area contributed by atoms with Gasteiger partial charge < -0.3 is 15.2 Å². The molecule has 1 unspecified atom stereocenters. The van der Waals surface area contributed by atoms with Gasteiger partial charge in [-0.1, -0.05) is 13.8 Å². The summed E-state index contributed by atoms with van der Waals surface area (Å²) >= 11 is 0. The minimum Gasteiger partial charge on any atom is -0.354 e. The summed E-state index contributed by atoms with van der Waals surface area (Å²) in [5.41, 5.74) is 0.319. The van der Waals surface area contributed by atoms with E-state index in [2.05, 4.69) is 15.6 Å². The molecule has 2 N–H and O–H groups in total. The van der Waals surface area contributed by atoms with Crippen LogP contribution < -0.4 is 10.6 Å². The molecule has 0 saturated heterocycles. The van der Waals surface area contributed by atoms with E-state index >= 15 is 0 Å². The van der Waals surface area contributed by atoms with Crippen LogP contribution in [0.25, 0.3) is 0 Å². The van der Waals surface area contributed by atoms with Crippen LogP contribution in [-0.2, 0) is 11.3 Å². The van der Waals surface area contributed by atoms with Crippen molar-refractivity contribution in [3.63, 3.8) is 0 Å². The van der Waals surface area contributed by atoms with Crippen LogP contribution in [-0.4, -0.2) is 34.0 Å². The second kappa shape index (κ2) is 8.96. The van der Waals surface area contributed by atoms with Crippen molar-refractivity contribution in [3.8, 4) is 0 Å². The minimum absolute atomic E-state index is 0.0713. The fourth-order valence-electron chi connectivity index (χ4n) is 2.36. The SMILES string of the molecule is CC(C)C(NC(=O)c1ccc(F)cc1)C(=O)NCCCn1ccnc1. The molecule has 0 saturated carbocycles. The molecular weight excluding hydrogens is 323 g/mol. The molecule has 1 atom stereocenters. The van der Waals surface area contributed by atoms with Gasteiger partial charge in [-0.05, 0) is 36.6 Å². The lowest BCUT2D eigenvalue weighted by molar-refractivity contribution is -0.123. The number of halogens is 1. The summed E-state index contributed by atoms with van der Waals surface area (Å²) < 4.78 is 14.9. The molecule has 2 amide bonds. The van der Waals surface area contributed by atoms with E-state index in [-0.39, 0.29) is 11.8 Å². The Labute approximate surface area is 146 Å². The number of rotatable bonds is 8. The highest BCUT2D eigenvalue weighted by Gasteiger charge is 2.24. The molecule has 2 rings (SSSR count). The van der Waals surface area contributed by atoms with E-state index < -0.39 is 17.8 Å². The number of carbonyl (C=O) groups is 2. The van der Waals surface area contributed by atoms with Crippen molar-refractivity contribution in [2.45, 2.75) is 32.9 Å². The number of benzene rings is 1. The van der Waals surface area contributed by atoms with Crippen LogP contribution in [0.1, 0.15) is 30.6 Å². The Kier molecular flexibility index (Phi) is 6.68. The van der Waals surface area contributed by atoms with Crippen LogP contribution in [0.3, 0.4) is 0 Å². The molecule has 0 aliphatic rings. The van der Waals surface area contributed by atoms with Crippen LogP contribution in [0.5, 0.6) is 0 Å². The quantitative estimate of drug-likeness (QED) is 0.718. The largest absolute Gasteiger partial charge is 0.354 e. The Balaban J connectivity index is 1.84. The predicted molar refractivity (Wildman–Crippen MR) is 92.3 cm³/mol. The van der Waals surface area contributed by atoms with E-state index in [0.717, 1.165) is 13.0 Å². The smallest absolute Gasteiger partial charge is 0.251 e. The van der Waals surface area contributed by atoms with Gasteiger partial charge in [0.15, 0.2) is 0 Å². The van der Waals surface area contributed by atoms with Gasteiger partial charge in [-0.2, -0.15) is 0 Å².